The summed E-state index contributed by atoms with van der Waals surface area (Å²) in [6, 6.07) is 74.5. The Bertz CT molecular complexity index is 3080. The molecule has 1 heterocycles. The van der Waals surface area contributed by atoms with Crippen LogP contribution in [0.4, 0.5) is 0 Å². The van der Waals surface area contributed by atoms with Crippen LogP contribution in [0.15, 0.2) is 200 Å². The van der Waals surface area contributed by atoms with Crippen LogP contribution in [0.1, 0.15) is 22.3 Å². The van der Waals surface area contributed by atoms with Crippen molar-refractivity contribution >= 4 is 32.6 Å². The largest absolute Gasteiger partial charge is 0.309 e. The molecule has 12 rings (SSSR count). The average Bonchev–Trinajstić information content (AvgIpc) is 3.85. The molecule has 2 aliphatic carbocycles. The number of benzene rings is 9. The minimum Gasteiger partial charge on any atom is -0.309 e. The van der Waals surface area contributed by atoms with Crippen molar-refractivity contribution in [2.45, 2.75) is 5.41 Å². The minimum absolute atomic E-state index is 0.465. The lowest BCUT2D eigenvalue weighted by atomic mass is 9.70. The van der Waals surface area contributed by atoms with E-state index in [1.54, 1.807) is 0 Å². The van der Waals surface area contributed by atoms with Crippen LogP contribution in [0.25, 0.3) is 82.8 Å². The van der Waals surface area contributed by atoms with Gasteiger partial charge in [0.25, 0.3) is 0 Å². The Hall–Kier alpha value is -6.96. The first-order chi connectivity index (χ1) is 26.8. The van der Waals surface area contributed by atoms with Gasteiger partial charge in [0.15, 0.2) is 0 Å². The second kappa shape index (κ2) is 11.0. The number of nitrogens with zero attached hydrogens (tertiary/aromatic N) is 1. The second-order valence-corrected chi connectivity index (χ2v) is 14.8. The molecule has 0 saturated heterocycles. The van der Waals surface area contributed by atoms with Gasteiger partial charge in [-0.3, -0.25) is 0 Å². The van der Waals surface area contributed by atoms with Gasteiger partial charge >= 0.3 is 0 Å². The number of hydrogen-bond donors (Lipinski definition) is 0. The normalized spacial score (nSPS) is 13.3. The lowest BCUT2D eigenvalue weighted by Gasteiger charge is -2.31. The Labute approximate surface area is 314 Å². The average molecular weight is 684 g/mol. The Morgan fingerprint density at radius 3 is 1.61 bits per heavy atom. The summed E-state index contributed by atoms with van der Waals surface area (Å²) < 4.78 is 2.56. The van der Waals surface area contributed by atoms with Crippen LogP contribution in [-0.4, -0.2) is 4.57 Å². The first-order valence-corrected chi connectivity index (χ1v) is 18.9. The van der Waals surface area contributed by atoms with Crippen LogP contribution < -0.4 is 0 Å². The number of hydrogen-bond acceptors (Lipinski definition) is 0. The van der Waals surface area contributed by atoms with Gasteiger partial charge in [0, 0.05) is 22.0 Å². The van der Waals surface area contributed by atoms with E-state index in [1.807, 2.05) is 0 Å². The first-order valence-electron chi connectivity index (χ1n) is 18.9. The predicted molar refractivity (Wildman–Crippen MR) is 225 cm³/mol. The van der Waals surface area contributed by atoms with Gasteiger partial charge in [-0.1, -0.05) is 176 Å². The molecule has 1 spiro atoms. The van der Waals surface area contributed by atoms with Crippen LogP contribution in [0.5, 0.6) is 0 Å². The highest BCUT2D eigenvalue weighted by atomic mass is 15.0. The van der Waals surface area contributed by atoms with Crippen molar-refractivity contribution in [2.24, 2.45) is 0 Å². The van der Waals surface area contributed by atoms with E-state index < -0.39 is 5.41 Å². The van der Waals surface area contributed by atoms with Crippen LogP contribution >= 0.6 is 0 Å². The minimum atomic E-state index is -0.465. The van der Waals surface area contributed by atoms with Crippen molar-refractivity contribution < 1.29 is 0 Å². The summed E-state index contributed by atoms with van der Waals surface area (Å²) in [5.41, 5.74) is 18.8. The molecule has 0 N–H and O–H groups in total. The summed E-state index contributed by atoms with van der Waals surface area (Å²) in [7, 11) is 0. The molecule has 0 fully saturated rings. The van der Waals surface area contributed by atoms with Crippen LogP contribution in [0.2, 0.25) is 0 Å². The standard InChI is InChI=1S/C53H33N/c1-2-13-34(14-3-1)35-25-28-38(29-26-35)54-50-32-27-37(40-21-12-16-36-15-4-5-17-39(36)40)33-46(50)45-31-30-44-43-20-8-11-24-49(43)53(51(44)52(45)54)47-22-9-6-18-41(47)42-19-7-10-23-48(42)53/h1-33H. The lowest BCUT2D eigenvalue weighted by molar-refractivity contribution is 0.797. The molecule has 1 heteroatoms. The fourth-order valence-corrected chi connectivity index (χ4v) is 10.0. The zero-order valence-electron chi connectivity index (χ0n) is 29.5. The zero-order valence-corrected chi connectivity index (χ0v) is 29.5. The maximum Gasteiger partial charge on any atom is 0.0746 e. The van der Waals surface area contributed by atoms with Gasteiger partial charge < -0.3 is 4.57 Å². The third-order valence-electron chi connectivity index (χ3n) is 12.2. The molecular formula is C53H33N. The van der Waals surface area contributed by atoms with Crippen molar-refractivity contribution in [2.75, 3.05) is 0 Å². The molecule has 0 atom stereocenters. The van der Waals surface area contributed by atoms with Gasteiger partial charge in [-0.15, -0.1) is 0 Å². The molecule has 0 unspecified atom stereocenters. The van der Waals surface area contributed by atoms with Crippen LogP contribution in [0, 0.1) is 0 Å². The SMILES string of the molecule is c1ccc(-c2ccc(-n3c4ccc(-c5cccc6ccccc56)cc4c4ccc5c(c43)C3(c4ccccc4-c4ccccc43)c3ccccc3-5)cc2)cc1. The molecule has 0 amide bonds. The molecule has 54 heavy (non-hydrogen) atoms. The summed E-state index contributed by atoms with van der Waals surface area (Å²) in [5.74, 6) is 0. The van der Waals surface area contributed by atoms with Crippen molar-refractivity contribution in [1.29, 1.82) is 0 Å². The third kappa shape index (κ3) is 3.83. The van der Waals surface area contributed by atoms with Gasteiger partial charge in [0.1, 0.15) is 0 Å². The maximum absolute atomic E-state index is 2.56. The van der Waals surface area contributed by atoms with E-state index >= 15 is 0 Å². The number of fused-ring (bicyclic) bond motifs is 15. The Morgan fingerprint density at radius 1 is 0.333 bits per heavy atom. The highest BCUT2D eigenvalue weighted by Crippen LogP contribution is 2.64. The smallest absolute Gasteiger partial charge is 0.0746 e. The lowest BCUT2D eigenvalue weighted by Crippen LogP contribution is -2.26. The first kappa shape index (κ1) is 29.6. The molecule has 2 aliphatic rings. The van der Waals surface area contributed by atoms with Gasteiger partial charge in [-0.25, -0.2) is 0 Å². The van der Waals surface area contributed by atoms with E-state index in [9.17, 15) is 0 Å². The third-order valence-corrected chi connectivity index (χ3v) is 12.2. The molecule has 0 bridgehead atoms. The Balaban J connectivity index is 1.23. The van der Waals surface area contributed by atoms with E-state index in [0.717, 1.165) is 5.69 Å². The molecule has 0 aliphatic heterocycles. The highest BCUT2D eigenvalue weighted by Gasteiger charge is 2.53. The summed E-state index contributed by atoms with van der Waals surface area (Å²) in [6.07, 6.45) is 0. The molecule has 1 nitrogen and oxygen atoms in total. The number of aromatic nitrogens is 1. The monoisotopic (exact) mass is 683 g/mol. The number of rotatable bonds is 3. The summed E-state index contributed by atoms with van der Waals surface area (Å²) in [4.78, 5) is 0. The van der Waals surface area contributed by atoms with Crippen LogP contribution in [0.3, 0.4) is 0 Å². The van der Waals surface area contributed by atoms with Crippen molar-refractivity contribution in [3.8, 4) is 50.2 Å². The van der Waals surface area contributed by atoms with Gasteiger partial charge in [0.2, 0.25) is 0 Å². The highest BCUT2D eigenvalue weighted by molar-refractivity contribution is 6.16. The zero-order chi connectivity index (χ0) is 35.4. The topological polar surface area (TPSA) is 4.93 Å². The Morgan fingerprint density at radius 2 is 0.889 bits per heavy atom. The van der Waals surface area contributed by atoms with E-state index in [1.165, 1.54) is 99.3 Å². The van der Waals surface area contributed by atoms with Crippen molar-refractivity contribution in [3.63, 3.8) is 0 Å². The molecule has 10 aromatic rings. The quantitative estimate of drug-likeness (QED) is 0.175. The second-order valence-electron chi connectivity index (χ2n) is 14.8. The van der Waals surface area contributed by atoms with E-state index in [4.69, 9.17) is 0 Å². The van der Waals surface area contributed by atoms with E-state index in [2.05, 4.69) is 205 Å². The van der Waals surface area contributed by atoms with E-state index in [-0.39, 0.29) is 0 Å². The molecule has 1 aromatic heterocycles. The maximum atomic E-state index is 2.56. The van der Waals surface area contributed by atoms with Crippen molar-refractivity contribution in [1.82, 2.24) is 4.57 Å². The Kier molecular flexibility index (Phi) is 6.04. The molecule has 0 saturated carbocycles. The van der Waals surface area contributed by atoms with E-state index in [0.29, 0.717) is 0 Å². The van der Waals surface area contributed by atoms with Gasteiger partial charge in [-0.05, 0) is 96.2 Å². The fourth-order valence-electron chi connectivity index (χ4n) is 10.0. The van der Waals surface area contributed by atoms with Crippen LogP contribution in [-0.2, 0) is 5.41 Å². The molecule has 250 valence electrons. The van der Waals surface area contributed by atoms with Gasteiger partial charge in [0.05, 0.1) is 16.4 Å². The summed E-state index contributed by atoms with van der Waals surface area (Å²) >= 11 is 0. The molecule has 9 aromatic carbocycles. The summed E-state index contributed by atoms with van der Waals surface area (Å²) in [5, 5.41) is 5.06. The molecular weight excluding hydrogens is 651 g/mol. The fraction of sp³-hybridized carbons (Fsp3) is 0.0189. The predicted octanol–water partition coefficient (Wildman–Crippen LogP) is 13.6. The molecule has 0 radical (unpaired) electrons. The van der Waals surface area contributed by atoms with Gasteiger partial charge in [-0.2, -0.15) is 0 Å². The summed E-state index contributed by atoms with van der Waals surface area (Å²) in [6.45, 7) is 0. The van der Waals surface area contributed by atoms with Crippen molar-refractivity contribution in [3.05, 3.63) is 222 Å².